The fourth-order valence-electron chi connectivity index (χ4n) is 3.18. The van der Waals surface area contributed by atoms with Crippen molar-refractivity contribution in [3.8, 4) is 35.2 Å². The molecule has 0 spiro atoms. The van der Waals surface area contributed by atoms with Gasteiger partial charge in [-0.2, -0.15) is 0 Å². The second-order valence-electron chi connectivity index (χ2n) is 8.12. The van der Waals surface area contributed by atoms with Crippen LogP contribution in [0.5, 0.6) is 11.5 Å². The average molecular weight is 459 g/mol. The predicted molar refractivity (Wildman–Crippen MR) is 135 cm³/mol. The Balaban J connectivity index is 1.78. The first-order valence-electron chi connectivity index (χ1n) is 12.2. The van der Waals surface area contributed by atoms with E-state index in [1.54, 1.807) is 48.5 Å². The van der Waals surface area contributed by atoms with Crippen molar-refractivity contribution in [1.29, 1.82) is 0 Å². The summed E-state index contributed by atoms with van der Waals surface area (Å²) in [5.41, 5.74) is 1.58. The number of benzene rings is 2. The van der Waals surface area contributed by atoms with Crippen LogP contribution in [0.25, 0.3) is 0 Å². The zero-order valence-electron chi connectivity index (χ0n) is 20.3. The Hall–Kier alpha value is -3.50. The molecule has 0 heterocycles. The third kappa shape index (κ3) is 11.4. The lowest BCUT2D eigenvalue weighted by molar-refractivity contribution is -0.135. The molecule has 0 fully saturated rings. The lowest BCUT2D eigenvalue weighted by Gasteiger charge is -2.04. The first-order valence-corrected chi connectivity index (χ1v) is 12.2. The largest absolute Gasteiger partial charge is 0.427 e. The summed E-state index contributed by atoms with van der Waals surface area (Å²) in [6.07, 6.45) is 9.29. The van der Waals surface area contributed by atoms with E-state index in [0.29, 0.717) is 24.3 Å². The van der Waals surface area contributed by atoms with Crippen molar-refractivity contribution in [2.45, 2.75) is 78.1 Å². The fraction of sp³-hybridized carbons (Fsp3) is 0.400. The maximum absolute atomic E-state index is 11.9. The van der Waals surface area contributed by atoms with Gasteiger partial charge < -0.3 is 9.47 Å². The number of carbonyl (C=O) groups is 2. The smallest absolute Gasteiger partial charge is 0.311 e. The normalized spacial score (nSPS) is 9.82. The van der Waals surface area contributed by atoms with E-state index in [1.807, 2.05) is 0 Å². The highest BCUT2D eigenvalue weighted by atomic mass is 16.5. The van der Waals surface area contributed by atoms with Crippen LogP contribution >= 0.6 is 0 Å². The van der Waals surface area contributed by atoms with Crippen LogP contribution in [0.4, 0.5) is 0 Å². The van der Waals surface area contributed by atoms with Crippen molar-refractivity contribution in [3.05, 3.63) is 59.7 Å². The quantitative estimate of drug-likeness (QED) is 0.151. The third-order valence-electron chi connectivity index (χ3n) is 5.12. The number of unbranched alkanes of at least 4 members (excludes halogenated alkanes) is 6. The summed E-state index contributed by atoms with van der Waals surface area (Å²) in [4.78, 5) is 23.7. The van der Waals surface area contributed by atoms with E-state index in [2.05, 4.69) is 37.5 Å². The minimum atomic E-state index is -0.200. The van der Waals surface area contributed by atoms with Gasteiger partial charge in [-0.25, -0.2) is 0 Å². The molecule has 34 heavy (non-hydrogen) atoms. The van der Waals surface area contributed by atoms with Crippen molar-refractivity contribution >= 4 is 11.9 Å². The molecule has 0 amide bonds. The molecule has 4 nitrogen and oxygen atoms in total. The standard InChI is InChI=1S/C30H34O4/c1-3-5-7-9-15-29(31)33-27-21-17-25(18-22-27)13-11-12-14-26-19-23-28(24-20-26)34-30(32)16-10-8-6-4-2/h17-24H,3-10,15-16H2,1-2H3. The van der Waals surface area contributed by atoms with Gasteiger partial charge in [0.15, 0.2) is 0 Å². The molecule has 178 valence electrons. The van der Waals surface area contributed by atoms with Gasteiger partial charge in [0, 0.05) is 24.0 Å². The van der Waals surface area contributed by atoms with Crippen molar-refractivity contribution in [3.63, 3.8) is 0 Å². The van der Waals surface area contributed by atoms with Crippen LogP contribution < -0.4 is 9.47 Å². The van der Waals surface area contributed by atoms with Gasteiger partial charge >= 0.3 is 11.9 Å². The van der Waals surface area contributed by atoms with Crippen molar-refractivity contribution in [1.82, 2.24) is 0 Å². The van der Waals surface area contributed by atoms with Crippen LogP contribution in [0.15, 0.2) is 48.5 Å². The molecule has 2 rings (SSSR count). The monoisotopic (exact) mass is 458 g/mol. The Morgan fingerprint density at radius 3 is 1.32 bits per heavy atom. The Labute approximate surface area is 204 Å². The van der Waals surface area contributed by atoms with E-state index in [0.717, 1.165) is 62.5 Å². The minimum absolute atomic E-state index is 0.200. The first kappa shape index (κ1) is 26.7. The van der Waals surface area contributed by atoms with Crippen molar-refractivity contribution in [2.75, 3.05) is 0 Å². The van der Waals surface area contributed by atoms with Crippen LogP contribution in [-0.4, -0.2) is 11.9 Å². The van der Waals surface area contributed by atoms with Gasteiger partial charge in [0.2, 0.25) is 0 Å². The van der Waals surface area contributed by atoms with E-state index >= 15 is 0 Å². The molecule has 0 saturated carbocycles. The van der Waals surface area contributed by atoms with Crippen molar-refractivity contribution < 1.29 is 19.1 Å². The highest BCUT2D eigenvalue weighted by molar-refractivity contribution is 5.72. The number of esters is 2. The summed E-state index contributed by atoms with van der Waals surface area (Å²) in [5, 5.41) is 0. The lowest BCUT2D eigenvalue weighted by Crippen LogP contribution is -2.07. The summed E-state index contributed by atoms with van der Waals surface area (Å²) >= 11 is 0. The summed E-state index contributed by atoms with van der Waals surface area (Å²) < 4.78 is 10.7. The van der Waals surface area contributed by atoms with Gasteiger partial charge in [0.1, 0.15) is 11.5 Å². The van der Waals surface area contributed by atoms with Gasteiger partial charge in [-0.05, 0) is 73.2 Å². The summed E-state index contributed by atoms with van der Waals surface area (Å²) in [5.74, 6) is 12.3. The molecule has 2 aromatic carbocycles. The highest BCUT2D eigenvalue weighted by Crippen LogP contribution is 2.15. The molecule has 0 saturated heterocycles. The highest BCUT2D eigenvalue weighted by Gasteiger charge is 2.05. The Bertz CT molecular complexity index is 926. The van der Waals surface area contributed by atoms with Gasteiger partial charge in [0.05, 0.1) is 0 Å². The van der Waals surface area contributed by atoms with E-state index in [4.69, 9.17) is 9.47 Å². The van der Waals surface area contributed by atoms with Crippen LogP contribution in [0.2, 0.25) is 0 Å². The molecule has 0 aromatic heterocycles. The Kier molecular flexibility index (Phi) is 12.7. The number of carbonyl (C=O) groups excluding carboxylic acids is 2. The molecule has 0 radical (unpaired) electrons. The molecule has 0 bridgehead atoms. The van der Waals surface area contributed by atoms with Crippen LogP contribution in [-0.2, 0) is 9.59 Å². The molecule has 0 aliphatic carbocycles. The van der Waals surface area contributed by atoms with E-state index in [9.17, 15) is 9.59 Å². The van der Waals surface area contributed by atoms with Crippen LogP contribution in [0, 0.1) is 23.7 Å². The van der Waals surface area contributed by atoms with E-state index in [1.165, 1.54) is 0 Å². The van der Waals surface area contributed by atoms with E-state index in [-0.39, 0.29) is 11.9 Å². The van der Waals surface area contributed by atoms with Gasteiger partial charge in [-0.15, -0.1) is 0 Å². The summed E-state index contributed by atoms with van der Waals surface area (Å²) in [6, 6.07) is 14.2. The van der Waals surface area contributed by atoms with Gasteiger partial charge in [-0.1, -0.05) is 64.2 Å². The Morgan fingerprint density at radius 2 is 0.971 bits per heavy atom. The summed E-state index contributed by atoms with van der Waals surface area (Å²) in [7, 11) is 0. The second kappa shape index (κ2) is 16.2. The van der Waals surface area contributed by atoms with Gasteiger partial charge in [-0.3, -0.25) is 9.59 Å². The zero-order chi connectivity index (χ0) is 24.4. The topological polar surface area (TPSA) is 52.6 Å². The molecule has 0 aliphatic rings. The molecular weight excluding hydrogens is 424 g/mol. The Morgan fingerprint density at radius 1 is 0.588 bits per heavy atom. The zero-order valence-corrected chi connectivity index (χ0v) is 20.3. The van der Waals surface area contributed by atoms with E-state index < -0.39 is 0 Å². The number of hydrogen-bond donors (Lipinski definition) is 0. The van der Waals surface area contributed by atoms with Crippen LogP contribution in [0.1, 0.15) is 89.2 Å². The maximum atomic E-state index is 11.9. The van der Waals surface area contributed by atoms with Crippen LogP contribution in [0.3, 0.4) is 0 Å². The first-order chi connectivity index (χ1) is 16.6. The number of rotatable bonds is 12. The average Bonchev–Trinajstić information content (AvgIpc) is 2.84. The van der Waals surface area contributed by atoms with Gasteiger partial charge in [0.25, 0.3) is 0 Å². The number of ether oxygens (including phenoxy) is 2. The molecular formula is C30H34O4. The number of hydrogen-bond acceptors (Lipinski definition) is 4. The molecule has 0 atom stereocenters. The molecule has 0 aliphatic heterocycles. The molecule has 2 aromatic rings. The second-order valence-corrected chi connectivity index (χ2v) is 8.12. The predicted octanol–water partition coefficient (Wildman–Crippen LogP) is 6.84. The minimum Gasteiger partial charge on any atom is -0.427 e. The molecule has 0 unspecified atom stereocenters. The molecule has 0 N–H and O–H groups in total. The van der Waals surface area contributed by atoms with Crippen molar-refractivity contribution in [2.24, 2.45) is 0 Å². The molecule has 4 heteroatoms. The summed E-state index contributed by atoms with van der Waals surface area (Å²) in [6.45, 7) is 4.28. The SMILES string of the molecule is CCCCCCC(=O)Oc1ccc(C#CC#Cc2ccc(OC(=O)CCCCCC)cc2)cc1. The maximum Gasteiger partial charge on any atom is 0.311 e. The third-order valence-corrected chi connectivity index (χ3v) is 5.12. The lowest BCUT2D eigenvalue weighted by atomic mass is 10.1. The fourth-order valence-corrected chi connectivity index (χ4v) is 3.18.